The smallest absolute Gasteiger partial charge is 0.130 e. The predicted octanol–water partition coefficient (Wildman–Crippen LogP) is 3.63. The normalized spacial score (nSPS) is 11.2. The molecule has 0 radical (unpaired) electrons. The van der Waals surface area contributed by atoms with Gasteiger partial charge in [-0.05, 0) is 50.8 Å². The van der Waals surface area contributed by atoms with Crippen molar-refractivity contribution in [1.29, 1.82) is 0 Å². The standard InChI is InChI=1S/C16H21NO/c1-10-6-7-11(2)16-15(10)14(9-8-12(3)18)13(4)17(16)5/h6-7H,8-9H2,1-5H3. The lowest BCUT2D eigenvalue weighted by Crippen LogP contribution is -1.97. The van der Waals surface area contributed by atoms with Gasteiger partial charge in [-0.25, -0.2) is 0 Å². The molecule has 0 aliphatic carbocycles. The van der Waals surface area contributed by atoms with Gasteiger partial charge in [0, 0.05) is 24.5 Å². The van der Waals surface area contributed by atoms with Crippen molar-refractivity contribution < 1.29 is 4.79 Å². The van der Waals surface area contributed by atoms with Crippen molar-refractivity contribution >= 4 is 16.7 Å². The lowest BCUT2D eigenvalue weighted by molar-refractivity contribution is -0.116. The SMILES string of the molecule is CC(=O)CCc1c(C)n(C)c2c(C)ccc(C)c12. The Hall–Kier alpha value is -1.57. The zero-order valence-corrected chi connectivity index (χ0v) is 11.9. The van der Waals surface area contributed by atoms with Gasteiger partial charge in [0.25, 0.3) is 0 Å². The predicted molar refractivity (Wildman–Crippen MR) is 76.1 cm³/mol. The summed E-state index contributed by atoms with van der Waals surface area (Å²) in [7, 11) is 2.11. The van der Waals surface area contributed by atoms with Crippen molar-refractivity contribution in [3.63, 3.8) is 0 Å². The summed E-state index contributed by atoms with van der Waals surface area (Å²) in [5, 5.41) is 1.34. The quantitative estimate of drug-likeness (QED) is 0.807. The minimum Gasteiger partial charge on any atom is -0.347 e. The minimum absolute atomic E-state index is 0.261. The molecule has 0 saturated heterocycles. The van der Waals surface area contributed by atoms with Crippen LogP contribution in [0.5, 0.6) is 0 Å². The van der Waals surface area contributed by atoms with Crippen LogP contribution >= 0.6 is 0 Å². The Balaban J connectivity index is 2.69. The van der Waals surface area contributed by atoms with Crippen LogP contribution in [-0.4, -0.2) is 10.4 Å². The van der Waals surface area contributed by atoms with Gasteiger partial charge in [-0.1, -0.05) is 12.1 Å². The number of nitrogens with zero attached hydrogens (tertiary/aromatic N) is 1. The van der Waals surface area contributed by atoms with Crippen LogP contribution in [-0.2, 0) is 18.3 Å². The molecular weight excluding hydrogens is 222 g/mol. The molecule has 0 saturated carbocycles. The van der Waals surface area contributed by atoms with Crippen molar-refractivity contribution in [3.8, 4) is 0 Å². The summed E-state index contributed by atoms with van der Waals surface area (Å²) in [5.74, 6) is 0.261. The molecule has 0 aliphatic rings. The number of aromatic nitrogens is 1. The number of Topliss-reactive ketones (excluding diaryl/α,β-unsaturated/α-hetero) is 1. The third-order valence-corrected chi connectivity index (χ3v) is 3.89. The number of rotatable bonds is 3. The molecule has 18 heavy (non-hydrogen) atoms. The molecule has 2 heteroatoms. The molecule has 0 bridgehead atoms. The highest BCUT2D eigenvalue weighted by atomic mass is 16.1. The second-order valence-electron chi connectivity index (χ2n) is 5.25. The van der Waals surface area contributed by atoms with Crippen molar-refractivity contribution in [2.75, 3.05) is 0 Å². The molecule has 2 rings (SSSR count). The van der Waals surface area contributed by atoms with Gasteiger partial charge in [0.1, 0.15) is 5.78 Å². The molecule has 0 aliphatic heterocycles. The molecule has 0 spiro atoms. The third kappa shape index (κ3) is 1.96. The molecule has 96 valence electrons. The highest BCUT2D eigenvalue weighted by molar-refractivity contribution is 5.91. The maximum absolute atomic E-state index is 11.2. The fourth-order valence-corrected chi connectivity index (χ4v) is 2.77. The van der Waals surface area contributed by atoms with Crippen LogP contribution in [0.4, 0.5) is 0 Å². The molecule has 0 amide bonds. The number of benzene rings is 1. The topological polar surface area (TPSA) is 22.0 Å². The van der Waals surface area contributed by atoms with Crippen molar-refractivity contribution in [2.24, 2.45) is 7.05 Å². The van der Waals surface area contributed by atoms with Crippen molar-refractivity contribution in [3.05, 3.63) is 34.5 Å². The van der Waals surface area contributed by atoms with E-state index in [0.717, 1.165) is 6.42 Å². The Labute approximate surface area is 109 Å². The molecule has 1 heterocycles. The first kappa shape index (κ1) is 12.9. The van der Waals surface area contributed by atoms with E-state index in [1.54, 1.807) is 6.92 Å². The summed E-state index contributed by atoms with van der Waals surface area (Å²) in [6.45, 7) is 8.11. The van der Waals surface area contributed by atoms with Gasteiger partial charge < -0.3 is 9.36 Å². The van der Waals surface area contributed by atoms with Gasteiger partial charge in [0.15, 0.2) is 0 Å². The van der Waals surface area contributed by atoms with E-state index in [1.165, 1.54) is 33.3 Å². The van der Waals surface area contributed by atoms with Crippen molar-refractivity contribution in [1.82, 2.24) is 4.57 Å². The zero-order valence-electron chi connectivity index (χ0n) is 11.9. The molecule has 2 aromatic rings. The molecule has 0 fully saturated rings. The summed E-state index contributed by atoms with van der Waals surface area (Å²) in [6.07, 6.45) is 1.48. The first-order valence-electron chi connectivity index (χ1n) is 6.47. The van der Waals surface area contributed by atoms with Gasteiger partial charge in [-0.15, -0.1) is 0 Å². The maximum Gasteiger partial charge on any atom is 0.130 e. The number of hydrogen-bond acceptors (Lipinski definition) is 1. The van der Waals surface area contributed by atoms with Crippen LogP contribution < -0.4 is 0 Å². The summed E-state index contributed by atoms with van der Waals surface area (Å²) in [5.41, 5.74) is 6.53. The zero-order chi connectivity index (χ0) is 13.4. The molecule has 1 aromatic carbocycles. The van der Waals surface area contributed by atoms with Gasteiger partial charge in [-0.3, -0.25) is 0 Å². The lowest BCUT2D eigenvalue weighted by atomic mass is 9.99. The van der Waals surface area contributed by atoms with E-state index in [1.807, 2.05) is 0 Å². The Bertz CT molecular complexity index is 620. The average Bonchev–Trinajstić information content (AvgIpc) is 2.56. The third-order valence-electron chi connectivity index (χ3n) is 3.89. The van der Waals surface area contributed by atoms with E-state index in [-0.39, 0.29) is 5.78 Å². The van der Waals surface area contributed by atoms with E-state index >= 15 is 0 Å². The highest BCUT2D eigenvalue weighted by Gasteiger charge is 2.15. The molecule has 1 aromatic heterocycles. The number of aryl methyl sites for hydroxylation is 4. The van der Waals surface area contributed by atoms with Gasteiger partial charge in [0.2, 0.25) is 0 Å². The minimum atomic E-state index is 0.261. The van der Waals surface area contributed by atoms with Crippen LogP contribution in [0.25, 0.3) is 10.9 Å². The maximum atomic E-state index is 11.2. The summed E-state index contributed by atoms with van der Waals surface area (Å²) < 4.78 is 2.26. The second kappa shape index (κ2) is 4.60. The van der Waals surface area contributed by atoms with Gasteiger partial charge in [0.05, 0.1) is 5.52 Å². The fraction of sp³-hybridized carbons (Fsp3) is 0.438. The van der Waals surface area contributed by atoms with Crippen LogP contribution in [0, 0.1) is 20.8 Å². The van der Waals surface area contributed by atoms with E-state index in [0.29, 0.717) is 6.42 Å². The van der Waals surface area contributed by atoms with E-state index < -0.39 is 0 Å². The average molecular weight is 243 g/mol. The van der Waals surface area contributed by atoms with Crippen LogP contribution in [0.15, 0.2) is 12.1 Å². The largest absolute Gasteiger partial charge is 0.347 e. The van der Waals surface area contributed by atoms with Crippen LogP contribution in [0.3, 0.4) is 0 Å². The first-order chi connectivity index (χ1) is 8.43. The van der Waals surface area contributed by atoms with Gasteiger partial charge in [-0.2, -0.15) is 0 Å². The Kier molecular flexibility index (Phi) is 3.29. The molecular formula is C16H21NO. The van der Waals surface area contributed by atoms with E-state index in [4.69, 9.17) is 0 Å². The Morgan fingerprint density at radius 1 is 1.17 bits per heavy atom. The fourth-order valence-electron chi connectivity index (χ4n) is 2.77. The van der Waals surface area contributed by atoms with E-state index in [2.05, 4.69) is 44.5 Å². The number of fused-ring (bicyclic) bond motifs is 1. The van der Waals surface area contributed by atoms with Gasteiger partial charge >= 0.3 is 0 Å². The lowest BCUT2D eigenvalue weighted by Gasteiger charge is -2.04. The number of hydrogen-bond donors (Lipinski definition) is 0. The van der Waals surface area contributed by atoms with Crippen LogP contribution in [0.2, 0.25) is 0 Å². The number of carbonyl (C=O) groups is 1. The second-order valence-corrected chi connectivity index (χ2v) is 5.25. The summed E-state index contributed by atoms with van der Waals surface area (Å²) in [6, 6.07) is 4.35. The number of ketones is 1. The van der Waals surface area contributed by atoms with Crippen molar-refractivity contribution in [2.45, 2.75) is 40.5 Å². The monoisotopic (exact) mass is 243 g/mol. The Morgan fingerprint density at radius 2 is 1.78 bits per heavy atom. The molecule has 0 unspecified atom stereocenters. The summed E-state index contributed by atoms with van der Waals surface area (Å²) in [4.78, 5) is 11.2. The Morgan fingerprint density at radius 3 is 2.39 bits per heavy atom. The molecule has 0 N–H and O–H groups in total. The first-order valence-corrected chi connectivity index (χ1v) is 6.47. The molecule has 0 atom stereocenters. The molecule has 2 nitrogen and oxygen atoms in total. The summed E-state index contributed by atoms with van der Waals surface area (Å²) >= 11 is 0. The van der Waals surface area contributed by atoms with Crippen LogP contribution in [0.1, 0.15) is 35.7 Å². The highest BCUT2D eigenvalue weighted by Crippen LogP contribution is 2.31. The van der Waals surface area contributed by atoms with E-state index in [9.17, 15) is 4.79 Å². The number of carbonyl (C=O) groups excluding carboxylic acids is 1.